The van der Waals surface area contributed by atoms with E-state index in [-0.39, 0.29) is 0 Å². The molecule has 0 saturated heterocycles. The maximum absolute atomic E-state index is 6.12. The van der Waals surface area contributed by atoms with E-state index in [1.54, 1.807) is 0 Å². The van der Waals surface area contributed by atoms with Crippen LogP contribution in [0.25, 0.3) is 10.8 Å². The largest absolute Gasteiger partial charge is 0.487 e. The summed E-state index contributed by atoms with van der Waals surface area (Å²) in [5.41, 5.74) is 2.94. The summed E-state index contributed by atoms with van der Waals surface area (Å²) in [5.74, 6) is 1.25. The van der Waals surface area contributed by atoms with Crippen molar-refractivity contribution >= 4 is 22.4 Å². The SMILES string of the molecule is Cc1cccc(COc2ccc3ccccc3c2CCl)n1. The lowest BCUT2D eigenvalue weighted by Gasteiger charge is -2.12. The molecular formula is C18H16ClNO. The van der Waals surface area contributed by atoms with E-state index in [1.165, 1.54) is 5.39 Å². The number of nitrogens with zero attached hydrogens (tertiary/aromatic N) is 1. The maximum atomic E-state index is 6.12. The lowest BCUT2D eigenvalue weighted by molar-refractivity contribution is 0.299. The topological polar surface area (TPSA) is 22.1 Å². The van der Waals surface area contributed by atoms with Gasteiger partial charge in [-0.05, 0) is 35.9 Å². The number of hydrogen-bond donors (Lipinski definition) is 0. The molecule has 0 radical (unpaired) electrons. The Hall–Kier alpha value is -2.06. The van der Waals surface area contributed by atoms with Gasteiger partial charge in [0.2, 0.25) is 0 Å². The Morgan fingerprint density at radius 3 is 2.67 bits per heavy atom. The van der Waals surface area contributed by atoms with Crippen LogP contribution < -0.4 is 4.74 Å². The number of benzene rings is 2. The van der Waals surface area contributed by atoms with Crippen molar-refractivity contribution < 1.29 is 4.74 Å². The lowest BCUT2D eigenvalue weighted by Crippen LogP contribution is -2.01. The van der Waals surface area contributed by atoms with Crippen molar-refractivity contribution in [2.45, 2.75) is 19.4 Å². The molecule has 0 N–H and O–H groups in total. The van der Waals surface area contributed by atoms with Crippen LogP contribution in [-0.4, -0.2) is 4.98 Å². The van der Waals surface area contributed by atoms with Crippen LogP contribution in [0.4, 0.5) is 0 Å². The van der Waals surface area contributed by atoms with E-state index in [2.05, 4.69) is 23.2 Å². The fraction of sp³-hybridized carbons (Fsp3) is 0.167. The second-order valence-electron chi connectivity index (χ2n) is 4.96. The quantitative estimate of drug-likeness (QED) is 0.642. The molecule has 0 fully saturated rings. The highest BCUT2D eigenvalue weighted by molar-refractivity contribution is 6.18. The smallest absolute Gasteiger partial charge is 0.130 e. The molecule has 0 atom stereocenters. The number of halogens is 1. The summed E-state index contributed by atoms with van der Waals surface area (Å²) in [6.45, 7) is 2.42. The molecule has 21 heavy (non-hydrogen) atoms. The first kappa shape index (κ1) is 13.9. The Morgan fingerprint density at radius 1 is 1.00 bits per heavy atom. The number of aromatic nitrogens is 1. The molecule has 0 bridgehead atoms. The van der Waals surface area contributed by atoms with Crippen molar-refractivity contribution in [3.05, 3.63) is 71.5 Å². The number of rotatable bonds is 4. The number of fused-ring (bicyclic) bond motifs is 1. The predicted octanol–water partition coefficient (Wildman–Crippen LogP) is 4.86. The number of aryl methyl sites for hydroxylation is 1. The van der Waals surface area contributed by atoms with Crippen molar-refractivity contribution in [2.24, 2.45) is 0 Å². The van der Waals surface area contributed by atoms with Crippen LogP contribution in [0.1, 0.15) is 17.0 Å². The van der Waals surface area contributed by atoms with Crippen LogP contribution in [0.5, 0.6) is 5.75 Å². The minimum Gasteiger partial charge on any atom is -0.487 e. The van der Waals surface area contributed by atoms with Gasteiger partial charge >= 0.3 is 0 Å². The first-order valence-corrected chi connectivity index (χ1v) is 7.43. The normalized spacial score (nSPS) is 10.8. The molecule has 2 aromatic carbocycles. The first-order valence-electron chi connectivity index (χ1n) is 6.90. The highest BCUT2D eigenvalue weighted by Crippen LogP contribution is 2.29. The van der Waals surface area contributed by atoms with Gasteiger partial charge in [-0.15, -0.1) is 11.6 Å². The van der Waals surface area contributed by atoms with Gasteiger partial charge in [-0.25, -0.2) is 0 Å². The van der Waals surface area contributed by atoms with E-state index in [1.807, 2.05) is 43.3 Å². The summed E-state index contributed by atoms with van der Waals surface area (Å²) in [6.07, 6.45) is 0. The Balaban J connectivity index is 1.90. The molecule has 3 heteroatoms. The van der Waals surface area contributed by atoms with E-state index in [0.717, 1.165) is 28.1 Å². The van der Waals surface area contributed by atoms with E-state index < -0.39 is 0 Å². The fourth-order valence-corrected chi connectivity index (χ4v) is 2.70. The summed E-state index contributed by atoms with van der Waals surface area (Å²) < 4.78 is 5.93. The highest BCUT2D eigenvalue weighted by atomic mass is 35.5. The molecule has 0 saturated carbocycles. The summed E-state index contributed by atoms with van der Waals surface area (Å²) in [6, 6.07) is 18.2. The summed E-state index contributed by atoms with van der Waals surface area (Å²) in [7, 11) is 0. The van der Waals surface area contributed by atoms with Gasteiger partial charge in [0.25, 0.3) is 0 Å². The average Bonchev–Trinajstić information content (AvgIpc) is 2.52. The second-order valence-corrected chi connectivity index (χ2v) is 5.22. The zero-order valence-electron chi connectivity index (χ0n) is 11.8. The zero-order chi connectivity index (χ0) is 14.7. The third-order valence-corrected chi connectivity index (χ3v) is 3.72. The van der Waals surface area contributed by atoms with Gasteiger partial charge in [0.15, 0.2) is 0 Å². The van der Waals surface area contributed by atoms with Crippen molar-refractivity contribution in [3.8, 4) is 5.75 Å². The molecule has 0 unspecified atom stereocenters. The number of ether oxygens (including phenoxy) is 1. The van der Waals surface area contributed by atoms with E-state index in [4.69, 9.17) is 16.3 Å². The van der Waals surface area contributed by atoms with Crippen LogP contribution in [0, 0.1) is 6.92 Å². The van der Waals surface area contributed by atoms with Gasteiger partial charge in [0.1, 0.15) is 12.4 Å². The zero-order valence-corrected chi connectivity index (χ0v) is 12.6. The van der Waals surface area contributed by atoms with Crippen LogP contribution >= 0.6 is 11.6 Å². The van der Waals surface area contributed by atoms with Crippen molar-refractivity contribution in [1.29, 1.82) is 0 Å². The molecule has 3 rings (SSSR count). The van der Waals surface area contributed by atoms with E-state index in [9.17, 15) is 0 Å². The minimum atomic E-state index is 0.429. The molecule has 2 nitrogen and oxygen atoms in total. The number of hydrogen-bond acceptors (Lipinski definition) is 2. The first-order chi connectivity index (χ1) is 10.3. The predicted molar refractivity (Wildman–Crippen MR) is 86.8 cm³/mol. The van der Waals surface area contributed by atoms with Crippen LogP contribution in [0.3, 0.4) is 0 Å². The summed E-state index contributed by atoms with van der Waals surface area (Å²) in [5, 5.41) is 2.32. The Bertz CT molecular complexity index is 770. The molecule has 0 aliphatic rings. The third kappa shape index (κ3) is 3.01. The van der Waals surface area contributed by atoms with Gasteiger partial charge in [0.05, 0.1) is 11.6 Å². The molecule has 1 aromatic heterocycles. The van der Waals surface area contributed by atoms with Gasteiger partial charge in [-0.1, -0.05) is 36.4 Å². The van der Waals surface area contributed by atoms with E-state index in [0.29, 0.717) is 12.5 Å². The van der Waals surface area contributed by atoms with Crippen molar-refractivity contribution in [1.82, 2.24) is 4.98 Å². The highest BCUT2D eigenvalue weighted by Gasteiger charge is 2.08. The maximum Gasteiger partial charge on any atom is 0.130 e. The molecular weight excluding hydrogens is 282 g/mol. The lowest BCUT2D eigenvalue weighted by atomic mass is 10.0. The number of pyridine rings is 1. The average molecular weight is 298 g/mol. The van der Waals surface area contributed by atoms with Gasteiger partial charge in [-0.2, -0.15) is 0 Å². The van der Waals surface area contributed by atoms with Crippen LogP contribution in [-0.2, 0) is 12.5 Å². The Morgan fingerprint density at radius 2 is 1.86 bits per heavy atom. The van der Waals surface area contributed by atoms with Gasteiger partial charge in [-0.3, -0.25) is 4.98 Å². The summed E-state index contributed by atoms with van der Waals surface area (Å²) >= 11 is 6.12. The second kappa shape index (κ2) is 6.15. The van der Waals surface area contributed by atoms with E-state index >= 15 is 0 Å². The van der Waals surface area contributed by atoms with Gasteiger partial charge in [0, 0.05) is 11.3 Å². The minimum absolute atomic E-state index is 0.429. The van der Waals surface area contributed by atoms with Crippen LogP contribution in [0.15, 0.2) is 54.6 Å². The Kier molecular flexibility index (Phi) is 4.07. The Labute approximate surface area is 129 Å². The van der Waals surface area contributed by atoms with Crippen molar-refractivity contribution in [2.75, 3.05) is 0 Å². The summed E-state index contributed by atoms with van der Waals surface area (Å²) in [4.78, 5) is 4.45. The van der Waals surface area contributed by atoms with Crippen LogP contribution in [0.2, 0.25) is 0 Å². The monoisotopic (exact) mass is 297 g/mol. The standard InChI is InChI=1S/C18H16ClNO/c1-13-5-4-7-15(20-13)12-21-18-10-9-14-6-2-3-8-16(14)17(18)11-19/h2-10H,11-12H2,1H3. The van der Waals surface area contributed by atoms with Gasteiger partial charge < -0.3 is 4.74 Å². The third-order valence-electron chi connectivity index (χ3n) is 3.45. The molecule has 0 amide bonds. The van der Waals surface area contributed by atoms with Crippen molar-refractivity contribution in [3.63, 3.8) is 0 Å². The molecule has 1 heterocycles. The number of alkyl halides is 1. The molecule has 0 aliphatic heterocycles. The molecule has 0 spiro atoms. The molecule has 106 valence electrons. The molecule has 3 aromatic rings. The fourth-order valence-electron chi connectivity index (χ4n) is 2.42. The molecule has 0 aliphatic carbocycles.